The van der Waals surface area contributed by atoms with Crippen molar-refractivity contribution >= 4 is 0 Å². The van der Waals surface area contributed by atoms with Crippen molar-refractivity contribution in [1.82, 2.24) is 0 Å². The van der Waals surface area contributed by atoms with Crippen LogP contribution >= 0.6 is 0 Å². The van der Waals surface area contributed by atoms with Gasteiger partial charge in [-0.2, -0.15) is 0 Å². The van der Waals surface area contributed by atoms with Crippen LogP contribution in [0, 0.1) is 11.8 Å². The first-order valence-electron chi connectivity index (χ1n) is 4.39. The Morgan fingerprint density at radius 3 is 2.80 bits per heavy atom. The summed E-state index contributed by atoms with van der Waals surface area (Å²) in [6, 6.07) is 0. The molecule has 0 heteroatoms. The van der Waals surface area contributed by atoms with Gasteiger partial charge in [-0.05, 0) is 31.6 Å². The summed E-state index contributed by atoms with van der Waals surface area (Å²) in [6.07, 6.45) is 6.42. The molecule has 0 aliphatic heterocycles. The standard InChI is InChI=1S/C10H18/c1-4-10-6-5-8(2)7-9(10)3/h5,9-10H,4,6-7H2,1-3H3/t9-,10?/m0/s1. The maximum atomic E-state index is 2.41. The third-order valence-corrected chi connectivity index (χ3v) is 2.74. The molecule has 58 valence electrons. The molecule has 1 rings (SSSR count). The van der Waals surface area contributed by atoms with Crippen LogP contribution < -0.4 is 0 Å². The molecule has 0 fully saturated rings. The highest BCUT2D eigenvalue weighted by Gasteiger charge is 2.18. The van der Waals surface area contributed by atoms with Crippen LogP contribution in [0.1, 0.15) is 40.0 Å². The Kier molecular flexibility index (Phi) is 2.53. The maximum absolute atomic E-state index is 2.41. The lowest BCUT2D eigenvalue weighted by molar-refractivity contribution is 0.331. The van der Waals surface area contributed by atoms with Gasteiger partial charge in [-0.1, -0.05) is 31.9 Å². The molecule has 2 atom stereocenters. The molecule has 0 saturated carbocycles. The van der Waals surface area contributed by atoms with E-state index < -0.39 is 0 Å². The first-order chi connectivity index (χ1) is 4.74. The van der Waals surface area contributed by atoms with Crippen molar-refractivity contribution in [2.24, 2.45) is 11.8 Å². The van der Waals surface area contributed by atoms with Gasteiger partial charge in [0.1, 0.15) is 0 Å². The van der Waals surface area contributed by atoms with Gasteiger partial charge in [-0.3, -0.25) is 0 Å². The first kappa shape index (κ1) is 7.84. The summed E-state index contributed by atoms with van der Waals surface area (Å²) in [5, 5.41) is 0. The molecule has 0 aromatic carbocycles. The number of hydrogen-bond donors (Lipinski definition) is 0. The minimum absolute atomic E-state index is 0.926. The minimum atomic E-state index is 0.926. The summed E-state index contributed by atoms with van der Waals surface area (Å²) in [4.78, 5) is 0. The summed E-state index contributed by atoms with van der Waals surface area (Å²) in [6.45, 7) is 6.93. The van der Waals surface area contributed by atoms with Crippen LogP contribution in [-0.4, -0.2) is 0 Å². The van der Waals surface area contributed by atoms with Crippen LogP contribution in [-0.2, 0) is 0 Å². The number of hydrogen-bond acceptors (Lipinski definition) is 0. The molecule has 0 amide bonds. The maximum Gasteiger partial charge on any atom is -0.0294 e. The SMILES string of the molecule is CCC1CC=C(C)C[C@@H]1C. The Morgan fingerprint density at radius 1 is 1.60 bits per heavy atom. The molecule has 10 heavy (non-hydrogen) atoms. The van der Waals surface area contributed by atoms with Crippen molar-refractivity contribution in [2.45, 2.75) is 40.0 Å². The Hall–Kier alpha value is -0.260. The van der Waals surface area contributed by atoms with Crippen molar-refractivity contribution in [1.29, 1.82) is 0 Å². The fourth-order valence-electron chi connectivity index (χ4n) is 1.91. The van der Waals surface area contributed by atoms with Crippen molar-refractivity contribution in [3.63, 3.8) is 0 Å². The third kappa shape index (κ3) is 1.62. The van der Waals surface area contributed by atoms with Gasteiger partial charge in [-0.25, -0.2) is 0 Å². The van der Waals surface area contributed by atoms with E-state index in [0.717, 1.165) is 11.8 Å². The molecular weight excluding hydrogens is 120 g/mol. The van der Waals surface area contributed by atoms with E-state index in [9.17, 15) is 0 Å². The van der Waals surface area contributed by atoms with Crippen LogP contribution in [0.5, 0.6) is 0 Å². The zero-order valence-electron chi connectivity index (χ0n) is 7.35. The van der Waals surface area contributed by atoms with E-state index in [-0.39, 0.29) is 0 Å². The molecular formula is C10H18. The molecule has 1 aliphatic rings. The second-order valence-corrected chi connectivity index (χ2v) is 3.64. The highest BCUT2D eigenvalue weighted by molar-refractivity contribution is 5.04. The Labute approximate surface area is 64.3 Å². The van der Waals surface area contributed by atoms with Crippen molar-refractivity contribution in [3.8, 4) is 0 Å². The van der Waals surface area contributed by atoms with Crippen LogP contribution in [0.15, 0.2) is 11.6 Å². The number of allylic oxidation sites excluding steroid dienone is 2. The van der Waals surface area contributed by atoms with Gasteiger partial charge in [0.25, 0.3) is 0 Å². The van der Waals surface area contributed by atoms with Gasteiger partial charge < -0.3 is 0 Å². The summed E-state index contributed by atoms with van der Waals surface area (Å²) in [7, 11) is 0. The zero-order chi connectivity index (χ0) is 7.56. The summed E-state index contributed by atoms with van der Waals surface area (Å²) in [5.41, 5.74) is 1.59. The van der Waals surface area contributed by atoms with Crippen LogP contribution in [0.25, 0.3) is 0 Å². The predicted molar refractivity (Wildman–Crippen MR) is 45.9 cm³/mol. The highest BCUT2D eigenvalue weighted by atomic mass is 14.2. The van der Waals surface area contributed by atoms with Gasteiger partial charge in [0, 0.05) is 0 Å². The lowest BCUT2D eigenvalue weighted by atomic mass is 9.80. The topological polar surface area (TPSA) is 0 Å². The second kappa shape index (κ2) is 3.23. The summed E-state index contributed by atoms with van der Waals surface area (Å²) < 4.78 is 0. The monoisotopic (exact) mass is 138 g/mol. The van der Waals surface area contributed by atoms with Crippen LogP contribution in [0.2, 0.25) is 0 Å². The molecule has 0 bridgehead atoms. The van der Waals surface area contributed by atoms with E-state index in [1.54, 1.807) is 5.57 Å². The molecule has 0 heterocycles. The Bertz CT molecular complexity index is 133. The number of rotatable bonds is 1. The van der Waals surface area contributed by atoms with Gasteiger partial charge >= 0.3 is 0 Å². The van der Waals surface area contributed by atoms with E-state index in [1.165, 1.54) is 19.3 Å². The van der Waals surface area contributed by atoms with Crippen molar-refractivity contribution in [3.05, 3.63) is 11.6 Å². The molecule has 0 radical (unpaired) electrons. The van der Waals surface area contributed by atoms with E-state index in [2.05, 4.69) is 26.8 Å². The quantitative estimate of drug-likeness (QED) is 0.487. The molecule has 0 N–H and O–H groups in total. The molecule has 0 aromatic rings. The molecule has 0 saturated heterocycles. The Morgan fingerprint density at radius 2 is 2.30 bits per heavy atom. The van der Waals surface area contributed by atoms with Crippen molar-refractivity contribution in [2.75, 3.05) is 0 Å². The summed E-state index contributed by atoms with van der Waals surface area (Å²) in [5.74, 6) is 1.89. The fraction of sp³-hybridized carbons (Fsp3) is 0.800. The molecule has 0 nitrogen and oxygen atoms in total. The smallest absolute Gasteiger partial charge is 0.0294 e. The van der Waals surface area contributed by atoms with E-state index in [0.29, 0.717) is 0 Å². The average molecular weight is 138 g/mol. The van der Waals surface area contributed by atoms with Gasteiger partial charge in [0.15, 0.2) is 0 Å². The van der Waals surface area contributed by atoms with Crippen LogP contribution in [0.3, 0.4) is 0 Å². The summed E-state index contributed by atoms with van der Waals surface area (Å²) >= 11 is 0. The van der Waals surface area contributed by atoms with Crippen LogP contribution in [0.4, 0.5) is 0 Å². The normalized spacial score (nSPS) is 33.7. The molecule has 1 unspecified atom stereocenters. The largest absolute Gasteiger partial charge is 0.0853 e. The lowest BCUT2D eigenvalue weighted by Crippen LogP contribution is -2.14. The lowest BCUT2D eigenvalue weighted by Gasteiger charge is -2.26. The highest BCUT2D eigenvalue weighted by Crippen LogP contribution is 2.30. The van der Waals surface area contributed by atoms with E-state index in [4.69, 9.17) is 0 Å². The molecule has 1 aliphatic carbocycles. The van der Waals surface area contributed by atoms with Gasteiger partial charge in [0.2, 0.25) is 0 Å². The average Bonchev–Trinajstić information content (AvgIpc) is 1.88. The fourth-order valence-corrected chi connectivity index (χ4v) is 1.91. The predicted octanol–water partition coefficient (Wildman–Crippen LogP) is 3.39. The van der Waals surface area contributed by atoms with Gasteiger partial charge in [0.05, 0.1) is 0 Å². The second-order valence-electron chi connectivity index (χ2n) is 3.64. The van der Waals surface area contributed by atoms with E-state index >= 15 is 0 Å². The first-order valence-corrected chi connectivity index (χ1v) is 4.39. The third-order valence-electron chi connectivity index (χ3n) is 2.74. The van der Waals surface area contributed by atoms with Gasteiger partial charge in [-0.15, -0.1) is 0 Å². The Balaban J connectivity index is 2.52. The van der Waals surface area contributed by atoms with E-state index in [1.807, 2.05) is 0 Å². The molecule has 0 aromatic heterocycles. The zero-order valence-corrected chi connectivity index (χ0v) is 7.35. The molecule has 0 spiro atoms. The van der Waals surface area contributed by atoms with Crippen molar-refractivity contribution < 1.29 is 0 Å². The minimum Gasteiger partial charge on any atom is -0.0853 e.